The van der Waals surface area contributed by atoms with Crippen molar-refractivity contribution in [2.45, 2.75) is 45.4 Å². The molecule has 0 atom stereocenters. The van der Waals surface area contributed by atoms with Crippen LogP contribution in [0.4, 0.5) is 5.69 Å². The Morgan fingerprint density at radius 3 is 2.17 bits per heavy atom. The third kappa shape index (κ3) is 5.21. The SMILES string of the molecule is Cc1cc(C)c(C)c(SCC(=O)N2CCC(C(=O)Nc3ccccc3)CC2)c1C. The molecule has 2 aromatic carbocycles. The van der Waals surface area contributed by atoms with E-state index < -0.39 is 0 Å². The molecule has 3 rings (SSSR count). The van der Waals surface area contributed by atoms with Crippen molar-refractivity contribution >= 4 is 29.3 Å². The number of benzene rings is 2. The molecule has 154 valence electrons. The molecule has 29 heavy (non-hydrogen) atoms. The van der Waals surface area contributed by atoms with Gasteiger partial charge in [0.05, 0.1) is 5.75 Å². The van der Waals surface area contributed by atoms with Crippen LogP contribution in [0.25, 0.3) is 0 Å². The maximum Gasteiger partial charge on any atom is 0.232 e. The van der Waals surface area contributed by atoms with Gasteiger partial charge in [-0.15, -0.1) is 11.8 Å². The van der Waals surface area contributed by atoms with E-state index in [1.54, 1.807) is 11.8 Å². The number of nitrogens with one attached hydrogen (secondary N) is 1. The van der Waals surface area contributed by atoms with Crippen molar-refractivity contribution in [3.05, 3.63) is 58.7 Å². The van der Waals surface area contributed by atoms with Crippen LogP contribution in [0.3, 0.4) is 0 Å². The van der Waals surface area contributed by atoms with E-state index in [0.717, 1.165) is 18.5 Å². The molecule has 0 radical (unpaired) electrons. The first-order valence-electron chi connectivity index (χ1n) is 10.2. The summed E-state index contributed by atoms with van der Waals surface area (Å²) in [6, 6.07) is 11.7. The van der Waals surface area contributed by atoms with Crippen molar-refractivity contribution in [3.8, 4) is 0 Å². The van der Waals surface area contributed by atoms with E-state index >= 15 is 0 Å². The lowest BCUT2D eigenvalue weighted by Gasteiger charge is -2.31. The van der Waals surface area contributed by atoms with Crippen LogP contribution >= 0.6 is 11.8 Å². The Balaban J connectivity index is 1.51. The van der Waals surface area contributed by atoms with Crippen LogP contribution in [0.2, 0.25) is 0 Å². The first kappa shape index (κ1) is 21.4. The molecule has 0 bridgehead atoms. The van der Waals surface area contributed by atoms with E-state index in [1.807, 2.05) is 35.2 Å². The zero-order valence-electron chi connectivity index (χ0n) is 17.7. The Labute approximate surface area is 178 Å². The first-order chi connectivity index (χ1) is 13.9. The number of para-hydroxylation sites is 1. The van der Waals surface area contributed by atoms with Crippen LogP contribution in [0.15, 0.2) is 41.3 Å². The lowest BCUT2D eigenvalue weighted by molar-refractivity contribution is -0.132. The third-order valence-electron chi connectivity index (χ3n) is 5.90. The molecule has 0 aliphatic carbocycles. The summed E-state index contributed by atoms with van der Waals surface area (Å²) in [7, 11) is 0. The average Bonchev–Trinajstić information content (AvgIpc) is 2.73. The van der Waals surface area contributed by atoms with E-state index in [1.165, 1.54) is 27.1 Å². The number of anilines is 1. The van der Waals surface area contributed by atoms with Crippen molar-refractivity contribution in [3.63, 3.8) is 0 Å². The fourth-order valence-electron chi connectivity index (χ4n) is 3.78. The molecule has 0 spiro atoms. The van der Waals surface area contributed by atoms with Crippen LogP contribution in [-0.2, 0) is 9.59 Å². The van der Waals surface area contributed by atoms with Gasteiger partial charge in [0, 0.05) is 29.6 Å². The number of piperidine rings is 1. The smallest absolute Gasteiger partial charge is 0.232 e. The summed E-state index contributed by atoms with van der Waals surface area (Å²) in [6.45, 7) is 9.81. The van der Waals surface area contributed by atoms with Crippen molar-refractivity contribution in [1.29, 1.82) is 0 Å². The van der Waals surface area contributed by atoms with Crippen molar-refractivity contribution < 1.29 is 9.59 Å². The van der Waals surface area contributed by atoms with Gasteiger partial charge >= 0.3 is 0 Å². The minimum absolute atomic E-state index is 0.0316. The number of likely N-dealkylation sites (tertiary alicyclic amines) is 1. The van der Waals surface area contributed by atoms with Gasteiger partial charge in [0.2, 0.25) is 11.8 Å². The second-order valence-electron chi connectivity index (χ2n) is 7.89. The molecular formula is C24H30N2O2S. The lowest BCUT2D eigenvalue weighted by atomic mass is 9.96. The number of carbonyl (C=O) groups excluding carboxylic acids is 2. The van der Waals surface area contributed by atoms with Gasteiger partial charge in [-0.3, -0.25) is 9.59 Å². The molecule has 2 amide bonds. The standard InChI is InChI=1S/C24H30N2O2S/c1-16-14-17(2)19(4)23(18(16)3)29-15-22(27)26-12-10-20(11-13-26)24(28)25-21-8-6-5-7-9-21/h5-9,14,20H,10-13,15H2,1-4H3,(H,25,28). The van der Waals surface area contributed by atoms with E-state index in [4.69, 9.17) is 0 Å². The number of hydrogen-bond acceptors (Lipinski definition) is 3. The molecule has 4 nitrogen and oxygen atoms in total. The molecule has 1 aliphatic heterocycles. The second kappa shape index (κ2) is 9.49. The highest BCUT2D eigenvalue weighted by molar-refractivity contribution is 8.00. The normalized spacial score (nSPS) is 14.7. The maximum atomic E-state index is 12.7. The van der Waals surface area contributed by atoms with Crippen LogP contribution in [-0.4, -0.2) is 35.6 Å². The Kier molecular flexibility index (Phi) is 7.01. The fourth-order valence-corrected chi connectivity index (χ4v) is 4.98. The van der Waals surface area contributed by atoms with Gasteiger partial charge in [-0.05, 0) is 74.9 Å². The van der Waals surface area contributed by atoms with Gasteiger partial charge in [-0.25, -0.2) is 0 Å². The van der Waals surface area contributed by atoms with Gasteiger partial charge < -0.3 is 10.2 Å². The number of thioether (sulfide) groups is 1. The van der Waals surface area contributed by atoms with Crippen molar-refractivity contribution in [1.82, 2.24) is 4.90 Å². The maximum absolute atomic E-state index is 12.7. The summed E-state index contributed by atoms with van der Waals surface area (Å²) in [5.41, 5.74) is 5.90. The molecule has 0 saturated carbocycles. The quantitative estimate of drug-likeness (QED) is 0.714. The molecular weight excluding hydrogens is 380 g/mol. The zero-order chi connectivity index (χ0) is 21.0. The van der Waals surface area contributed by atoms with Crippen LogP contribution in [0.1, 0.15) is 35.1 Å². The van der Waals surface area contributed by atoms with E-state index in [0.29, 0.717) is 18.8 Å². The number of rotatable bonds is 5. The summed E-state index contributed by atoms with van der Waals surface area (Å²) in [6.07, 6.45) is 1.44. The highest BCUT2D eigenvalue weighted by atomic mass is 32.2. The monoisotopic (exact) mass is 410 g/mol. The molecule has 0 aromatic heterocycles. The van der Waals surface area contributed by atoms with Crippen LogP contribution < -0.4 is 5.32 Å². The molecule has 1 fully saturated rings. The van der Waals surface area contributed by atoms with Gasteiger partial charge in [0.1, 0.15) is 0 Å². The summed E-state index contributed by atoms with van der Waals surface area (Å²) in [5.74, 6) is 0.635. The summed E-state index contributed by atoms with van der Waals surface area (Å²) >= 11 is 1.64. The number of nitrogens with zero attached hydrogens (tertiary/aromatic N) is 1. The molecule has 1 saturated heterocycles. The predicted molar refractivity (Wildman–Crippen MR) is 120 cm³/mol. The Bertz CT molecular complexity index is 861. The summed E-state index contributed by atoms with van der Waals surface area (Å²) in [5, 5.41) is 2.98. The minimum atomic E-state index is -0.0316. The van der Waals surface area contributed by atoms with Crippen molar-refractivity contribution in [2.75, 3.05) is 24.2 Å². The number of aryl methyl sites for hydroxylation is 2. The highest BCUT2D eigenvalue weighted by Gasteiger charge is 2.27. The number of hydrogen-bond donors (Lipinski definition) is 1. The molecule has 1 heterocycles. The van der Waals surface area contributed by atoms with Gasteiger partial charge in [-0.2, -0.15) is 0 Å². The fraction of sp³-hybridized carbons (Fsp3) is 0.417. The topological polar surface area (TPSA) is 49.4 Å². The van der Waals surface area contributed by atoms with Crippen LogP contribution in [0, 0.1) is 33.6 Å². The molecule has 1 N–H and O–H groups in total. The molecule has 2 aromatic rings. The van der Waals surface area contributed by atoms with Gasteiger partial charge in [0.25, 0.3) is 0 Å². The van der Waals surface area contributed by atoms with E-state index in [2.05, 4.69) is 39.1 Å². The largest absolute Gasteiger partial charge is 0.342 e. The number of amides is 2. The van der Waals surface area contributed by atoms with Gasteiger partial charge in [0.15, 0.2) is 0 Å². The van der Waals surface area contributed by atoms with E-state index in [9.17, 15) is 9.59 Å². The Hall–Kier alpha value is -2.27. The zero-order valence-corrected chi connectivity index (χ0v) is 18.6. The summed E-state index contributed by atoms with van der Waals surface area (Å²) in [4.78, 5) is 28.3. The number of carbonyl (C=O) groups is 2. The Morgan fingerprint density at radius 1 is 1.00 bits per heavy atom. The highest BCUT2D eigenvalue weighted by Crippen LogP contribution is 2.31. The molecule has 1 aliphatic rings. The lowest BCUT2D eigenvalue weighted by Crippen LogP contribution is -2.42. The van der Waals surface area contributed by atoms with Crippen LogP contribution in [0.5, 0.6) is 0 Å². The Morgan fingerprint density at radius 2 is 1.59 bits per heavy atom. The average molecular weight is 411 g/mol. The first-order valence-corrected chi connectivity index (χ1v) is 11.2. The third-order valence-corrected chi connectivity index (χ3v) is 7.19. The van der Waals surface area contributed by atoms with Gasteiger partial charge in [-0.1, -0.05) is 24.3 Å². The van der Waals surface area contributed by atoms with Crippen molar-refractivity contribution in [2.24, 2.45) is 5.92 Å². The minimum Gasteiger partial charge on any atom is -0.342 e. The van der Waals surface area contributed by atoms with E-state index in [-0.39, 0.29) is 17.7 Å². The predicted octanol–water partition coefficient (Wildman–Crippen LogP) is 4.89. The second-order valence-corrected chi connectivity index (χ2v) is 8.87. The molecule has 5 heteroatoms. The molecule has 0 unspecified atom stereocenters. The summed E-state index contributed by atoms with van der Waals surface area (Å²) < 4.78 is 0.